The fourth-order valence-electron chi connectivity index (χ4n) is 2.88. The first-order chi connectivity index (χ1) is 9.59. The number of hydrogen-bond acceptors (Lipinski definition) is 6. The third kappa shape index (κ3) is 3.24. The van der Waals surface area contributed by atoms with Crippen molar-refractivity contribution in [2.75, 3.05) is 20.8 Å². The highest BCUT2D eigenvalue weighted by atomic mass is 16.5. The normalized spacial score (nSPS) is 26.6. The Bertz CT molecular complexity index is 460. The van der Waals surface area contributed by atoms with Gasteiger partial charge in [0.1, 0.15) is 12.2 Å². The molecule has 0 amide bonds. The van der Waals surface area contributed by atoms with Gasteiger partial charge in [0.25, 0.3) is 0 Å². The smallest absolute Gasteiger partial charge is 0.234 e. The SMILES string of the molecule is COCC(=O)Cc1nc(C2(OC)CCCC(C)C2)no1. The van der Waals surface area contributed by atoms with Gasteiger partial charge in [0.05, 0.1) is 6.42 Å². The van der Waals surface area contributed by atoms with Crippen LogP contribution in [0.15, 0.2) is 4.52 Å². The van der Waals surface area contributed by atoms with Crippen molar-refractivity contribution in [3.63, 3.8) is 0 Å². The van der Waals surface area contributed by atoms with Crippen molar-refractivity contribution in [1.29, 1.82) is 0 Å². The van der Waals surface area contributed by atoms with E-state index in [1.54, 1.807) is 7.11 Å². The Morgan fingerprint density at radius 3 is 2.95 bits per heavy atom. The van der Waals surface area contributed by atoms with Crippen LogP contribution in [0.5, 0.6) is 0 Å². The Hall–Kier alpha value is -1.27. The van der Waals surface area contributed by atoms with Gasteiger partial charge in [0.2, 0.25) is 11.7 Å². The van der Waals surface area contributed by atoms with E-state index in [1.165, 1.54) is 13.5 Å². The number of hydrogen-bond donors (Lipinski definition) is 0. The van der Waals surface area contributed by atoms with Crippen molar-refractivity contribution in [3.05, 3.63) is 11.7 Å². The molecule has 20 heavy (non-hydrogen) atoms. The second-order valence-electron chi connectivity index (χ2n) is 5.56. The molecule has 6 heteroatoms. The maximum atomic E-state index is 11.5. The molecule has 1 heterocycles. The molecule has 1 aromatic heterocycles. The lowest BCUT2D eigenvalue weighted by molar-refractivity contribution is -0.122. The third-order valence-electron chi connectivity index (χ3n) is 3.88. The minimum absolute atomic E-state index is 0.0597. The summed E-state index contributed by atoms with van der Waals surface area (Å²) in [5.74, 6) is 1.38. The van der Waals surface area contributed by atoms with E-state index in [1.807, 2.05) is 0 Å². The Kier molecular flexibility index (Phi) is 4.88. The molecule has 0 spiro atoms. The molecule has 0 aromatic carbocycles. The summed E-state index contributed by atoms with van der Waals surface area (Å²) < 4.78 is 15.7. The van der Waals surface area contributed by atoms with Gasteiger partial charge in [0.15, 0.2) is 5.78 Å². The molecule has 1 aromatic rings. The van der Waals surface area contributed by atoms with Crippen molar-refractivity contribution in [1.82, 2.24) is 10.1 Å². The summed E-state index contributed by atoms with van der Waals surface area (Å²) in [5, 5.41) is 4.03. The first-order valence-corrected chi connectivity index (χ1v) is 6.98. The highest BCUT2D eigenvalue weighted by Crippen LogP contribution is 2.41. The van der Waals surface area contributed by atoms with Gasteiger partial charge < -0.3 is 14.0 Å². The van der Waals surface area contributed by atoms with Gasteiger partial charge in [-0.2, -0.15) is 4.98 Å². The topological polar surface area (TPSA) is 74.5 Å². The first kappa shape index (κ1) is 15.1. The summed E-state index contributed by atoms with van der Waals surface area (Å²) in [7, 11) is 3.17. The Labute approximate surface area is 118 Å². The highest BCUT2D eigenvalue weighted by molar-refractivity contribution is 5.81. The fourth-order valence-corrected chi connectivity index (χ4v) is 2.88. The quantitative estimate of drug-likeness (QED) is 0.793. The predicted octanol–water partition coefficient (Wildman–Crippen LogP) is 1.88. The lowest BCUT2D eigenvalue weighted by Gasteiger charge is -2.36. The summed E-state index contributed by atoms with van der Waals surface area (Å²) in [6.07, 6.45) is 4.16. The molecule has 1 aliphatic carbocycles. The minimum Gasteiger partial charge on any atom is -0.377 e. The van der Waals surface area contributed by atoms with Crippen LogP contribution >= 0.6 is 0 Å². The molecule has 0 bridgehead atoms. The van der Waals surface area contributed by atoms with Crippen LogP contribution in [-0.4, -0.2) is 36.8 Å². The molecule has 0 saturated heterocycles. The van der Waals surface area contributed by atoms with E-state index in [9.17, 15) is 4.79 Å². The van der Waals surface area contributed by atoms with Crippen LogP contribution in [0.4, 0.5) is 0 Å². The van der Waals surface area contributed by atoms with Crippen LogP contribution in [0.1, 0.15) is 44.3 Å². The Morgan fingerprint density at radius 2 is 2.30 bits per heavy atom. The van der Waals surface area contributed by atoms with Gasteiger partial charge in [0, 0.05) is 14.2 Å². The van der Waals surface area contributed by atoms with Crippen molar-refractivity contribution in [2.45, 2.75) is 44.6 Å². The molecule has 6 nitrogen and oxygen atoms in total. The average molecular weight is 282 g/mol. The Balaban J connectivity index is 2.11. The molecular weight excluding hydrogens is 260 g/mol. The zero-order valence-corrected chi connectivity index (χ0v) is 12.3. The first-order valence-electron chi connectivity index (χ1n) is 6.98. The number of ether oxygens (including phenoxy) is 2. The molecule has 1 saturated carbocycles. The lowest BCUT2D eigenvalue weighted by Crippen LogP contribution is -2.35. The fraction of sp³-hybridized carbons (Fsp3) is 0.786. The number of carbonyl (C=O) groups excluding carboxylic acids is 1. The number of methoxy groups -OCH3 is 2. The average Bonchev–Trinajstić information content (AvgIpc) is 2.88. The molecule has 0 radical (unpaired) electrons. The van der Waals surface area contributed by atoms with Crippen molar-refractivity contribution in [2.24, 2.45) is 5.92 Å². The largest absolute Gasteiger partial charge is 0.377 e. The molecular formula is C14H22N2O4. The second-order valence-corrected chi connectivity index (χ2v) is 5.56. The van der Waals surface area contributed by atoms with Crippen LogP contribution < -0.4 is 0 Å². The van der Waals surface area contributed by atoms with E-state index < -0.39 is 5.60 Å². The molecule has 1 fully saturated rings. The maximum Gasteiger partial charge on any atom is 0.234 e. The standard InChI is InChI=1S/C14H22N2O4/c1-10-5-4-6-14(8-10,19-3)13-15-12(20-16-13)7-11(17)9-18-2/h10H,4-9H2,1-3H3. The van der Waals surface area contributed by atoms with Gasteiger partial charge in [-0.25, -0.2) is 0 Å². The Morgan fingerprint density at radius 1 is 1.50 bits per heavy atom. The van der Waals surface area contributed by atoms with Crippen molar-refractivity contribution < 1.29 is 18.8 Å². The number of nitrogens with zero attached hydrogens (tertiary/aromatic N) is 2. The van der Waals surface area contributed by atoms with E-state index >= 15 is 0 Å². The summed E-state index contributed by atoms with van der Waals surface area (Å²) in [6, 6.07) is 0. The van der Waals surface area contributed by atoms with Gasteiger partial charge in [-0.3, -0.25) is 4.79 Å². The summed E-state index contributed by atoms with van der Waals surface area (Å²) >= 11 is 0. The number of ketones is 1. The van der Waals surface area contributed by atoms with E-state index in [0.29, 0.717) is 17.6 Å². The summed E-state index contributed by atoms with van der Waals surface area (Å²) in [4.78, 5) is 15.9. The van der Waals surface area contributed by atoms with Crippen LogP contribution in [0.25, 0.3) is 0 Å². The van der Waals surface area contributed by atoms with E-state index in [4.69, 9.17) is 14.0 Å². The lowest BCUT2D eigenvalue weighted by atomic mass is 9.78. The van der Waals surface area contributed by atoms with Gasteiger partial charge >= 0.3 is 0 Å². The zero-order chi connectivity index (χ0) is 14.6. The van der Waals surface area contributed by atoms with E-state index in [-0.39, 0.29) is 18.8 Å². The number of aromatic nitrogens is 2. The van der Waals surface area contributed by atoms with Crippen molar-refractivity contribution >= 4 is 5.78 Å². The molecule has 112 valence electrons. The maximum absolute atomic E-state index is 11.5. The molecule has 1 aliphatic rings. The van der Waals surface area contributed by atoms with Gasteiger partial charge in [-0.15, -0.1) is 0 Å². The van der Waals surface area contributed by atoms with Crippen LogP contribution in [0.2, 0.25) is 0 Å². The molecule has 0 aliphatic heterocycles. The number of carbonyl (C=O) groups is 1. The van der Waals surface area contributed by atoms with Gasteiger partial charge in [-0.1, -0.05) is 18.5 Å². The monoisotopic (exact) mass is 282 g/mol. The molecule has 2 atom stereocenters. The predicted molar refractivity (Wildman–Crippen MR) is 71.2 cm³/mol. The van der Waals surface area contributed by atoms with Crippen molar-refractivity contribution in [3.8, 4) is 0 Å². The molecule has 2 unspecified atom stereocenters. The highest BCUT2D eigenvalue weighted by Gasteiger charge is 2.41. The summed E-state index contributed by atoms with van der Waals surface area (Å²) in [6.45, 7) is 2.26. The third-order valence-corrected chi connectivity index (χ3v) is 3.88. The second kappa shape index (κ2) is 6.45. The van der Waals surface area contributed by atoms with Crippen LogP contribution in [0.3, 0.4) is 0 Å². The van der Waals surface area contributed by atoms with E-state index in [2.05, 4.69) is 17.1 Å². The number of rotatable bonds is 6. The van der Waals surface area contributed by atoms with Gasteiger partial charge in [-0.05, 0) is 25.2 Å². The zero-order valence-electron chi connectivity index (χ0n) is 12.3. The van der Waals surface area contributed by atoms with E-state index in [0.717, 1.165) is 19.3 Å². The van der Waals surface area contributed by atoms with Crippen LogP contribution in [0, 0.1) is 5.92 Å². The molecule has 2 rings (SSSR count). The minimum atomic E-state index is -0.469. The molecule has 0 N–H and O–H groups in total. The number of Topliss-reactive ketones (excluding diaryl/α,β-unsaturated/α-hetero) is 1. The summed E-state index contributed by atoms with van der Waals surface area (Å²) in [5.41, 5.74) is -0.469. The van der Waals surface area contributed by atoms with Crippen LogP contribution in [-0.2, 0) is 26.3 Å².